The summed E-state index contributed by atoms with van der Waals surface area (Å²) in [7, 11) is 1.62. The van der Waals surface area contributed by atoms with Gasteiger partial charge in [-0.2, -0.15) is 4.98 Å². The number of carbonyl (C=O) groups is 1. The molecule has 8 nitrogen and oxygen atoms in total. The van der Waals surface area contributed by atoms with Gasteiger partial charge in [0, 0.05) is 30.6 Å². The lowest BCUT2D eigenvalue weighted by Gasteiger charge is -2.22. The van der Waals surface area contributed by atoms with Crippen LogP contribution in [0.5, 0.6) is 0 Å². The van der Waals surface area contributed by atoms with E-state index in [0.717, 1.165) is 22.7 Å². The summed E-state index contributed by atoms with van der Waals surface area (Å²) in [6.45, 7) is 5.19. The number of carbonyl (C=O) groups excluding carboxylic acids is 1. The first-order valence-corrected chi connectivity index (χ1v) is 9.82. The maximum absolute atomic E-state index is 13.0. The van der Waals surface area contributed by atoms with Gasteiger partial charge in [0.05, 0.1) is 25.8 Å². The van der Waals surface area contributed by atoms with E-state index >= 15 is 0 Å². The Labute approximate surface area is 161 Å². The van der Waals surface area contributed by atoms with Crippen molar-refractivity contribution in [3.8, 4) is 0 Å². The van der Waals surface area contributed by atoms with E-state index in [9.17, 15) is 4.79 Å². The molecule has 0 aromatic carbocycles. The summed E-state index contributed by atoms with van der Waals surface area (Å²) in [6, 6.07) is 3.67. The van der Waals surface area contributed by atoms with Gasteiger partial charge in [-0.3, -0.25) is 4.79 Å². The molecule has 9 heteroatoms. The molecule has 0 aliphatic rings. The van der Waals surface area contributed by atoms with Crippen molar-refractivity contribution in [3.63, 3.8) is 0 Å². The molecular weight excluding hydrogens is 366 g/mol. The molecule has 0 aliphatic carbocycles. The van der Waals surface area contributed by atoms with Crippen LogP contribution in [0.3, 0.4) is 0 Å². The normalized spacial score (nSPS) is 11.3. The number of aryl methyl sites for hydroxylation is 2. The van der Waals surface area contributed by atoms with E-state index in [1.54, 1.807) is 22.8 Å². The number of aromatic nitrogens is 4. The molecule has 0 saturated carbocycles. The fourth-order valence-corrected chi connectivity index (χ4v) is 3.22. The third kappa shape index (κ3) is 4.30. The largest absolute Gasteiger partial charge is 0.467 e. The van der Waals surface area contributed by atoms with E-state index in [1.807, 2.05) is 32.2 Å². The van der Waals surface area contributed by atoms with Crippen LogP contribution >= 0.6 is 11.8 Å². The molecule has 0 aliphatic heterocycles. The monoisotopic (exact) mass is 389 g/mol. The Bertz CT molecular complexity index is 923. The van der Waals surface area contributed by atoms with Crippen LogP contribution in [-0.2, 0) is 22.5 Å². The standard InChI is InChI=1S/C18H23N5O3S/c1-12-15(13(2)23-17(19-12)20-18(21-23)27-4)10-16(24)22(7-9-25-3)11-14-6-5-8-26-14/h5-6,8H,7,9-11H2,1-4H3. The van der Waals surface area contributed by atoms with E-state index in [1.165, 1.54) is 11.8 Å². The van der Waals surface area contributed by atoms with Gasteiger partial charge in [-0.1, -0.05) is 11.8 Å². The minimum atomic E-state index is -0.0130. The van der Waals surface area contributed by atoms with Crippen LogP contribution < -0.4 is 0 Å². The zero-order chi connectivity index (χ0) is 19.4. The average Bonchev–Trinajstić information content (AvgIpc) is 3.31. The van der Waals surface area contributed by atoms with E-state index in [-0.39, 0.29) is 12.3 Å². The van der Waals surface area contributed by atoms with Crippen molar-refractivity contribution in [2.45, 2.75) is 32.0 Å². The van der Waals surface area contributed by atoms with Crippen molar-refractivity contribution in [2.24, 2.45) is 0 Å². The number of ether oxygens (including phenoxy) is 1. The van der Waals surface area contributed by atoms with Crippen molar-refractivity contribution < 1.29 is 13.9 Å². The van der Waals surface area contributed by atoms with E-state index in [2.05, 4.69) is 15.1 Å². The smallest absolute Gasteiger partial charge is 0.253 e. The molecule has 27 heavy (non-hydrogen) atoms. The fourth-order valence-electron chi connectivity index (χ4n) is 2.88. The minimum Gasteiger partial charge on any atom is -0.467 e. The molecular formula is C18H23N5O3S. The lowest BCUT2D eigenvalue weighted by atomic mass is 10.1. The quantitative estimate of drug-likeness (QED) is 0.546. The van der Waals surface area contributed by atoms with Crippen molar-refractivity contribution in [2.75, 3.05) is 26.5 Å². The van der Waals surface area contributed by atoms with Gasteiger partial charge in [0.25, 0.3) is 5.78 Å². The zero-order valence-corrected chi connectivity index (χ0v) is 16.7. The second-order valence-electron chi connectivity index (χ2n) is 6.14. The van der Waals surface area contributed by atoms with Gasteiger partial charge in [-0.25, -0.2) is 9.50 Å². The second kappa shape index (κ2) is 8.53. The molecule has 3 rings (SSSR count). The lowest BCUT2D eigenvalue weighted by Crippen LogP contribution is -2.35. The summed E-state index contributed by atoms with van der Waals surface area (Å²) < 4.78 is 12.2. The van der Waals surface area contributed by atoms with Crippen LogP contribution in [0.15, 0.2) is 28.0 Å². The van der Waals surface area contributed by atoms with Crippen molar-refractivity contribution >= 4 is 23.4 Å². The molecule has 144 valence electrons. The summed E-state index contributed by atoms with van der Waals surface area (Å²) in [5.41, 5.74) is 2.54. The Balaban J connectivity index is 1.85. The highest BCUT2D eigenvalue weighted by molar-refractivity contribution is 7.98. The third-order valence-electron chi connectivity index (χ3n) is 4.38. The van der Waals surface area contributed by atoms with Gasteiger partial charge >= 0.3 is 0 Å². The Morgan fingerprint density at radius 2 is 2.19 bits per heavy atom. The second-order valence-corrected chi connectivity index (χ2v) is 6.91. The Morgan fingerprint density at radius 3 is 2.85 bits per heavy atom. The number of nitrogens with zero attached hydrogens (tertiary/aromatic N) is 5. The third-order valence-corrected chi connectivity index (χ3v) is 4.92. The maximum Gasteiger partial charge on any atom is 0.253 e. The molecule has 0 bridgehead atoms. The van der Waals surface area contributed by atoms with E-state index in [0.29, 0.717) is 30.6 Å². The number of furan rings is 1. The first-order chi connectivity index (χ1) is 13.0. The molecule has 0 fully saturated rings. The highest BCUT2D eigenvalue weighted by Gasteiger charge is 2.20. The number of rotatable bonds is 8. The van der Waals surface area contributed by atoms with Crippen molar-refractivity contribution in [1.29, 1.82) is 0 Å². The number of hydrogen-bond donors (Lipinski definition) is 0. The molecule has 0 N–H and O–H groups in total. The number of fused-ring (bicyclic) bond motifs is 1. The van der Waals surface area contributed by atoms with Gasteiger partial charge in [0.15, 0.2) is 0 Å². The highest BCUT2D eigenvalue weighted by atomic mass is 32.2. The Morgan fingerprint density at radius 1 is 1.37 bits per heavy atom. The highest BCUT2D eigenvalue weighted by Crippen LogP contribution is 2.18. The molecule has 3 aromatic rings. The van der Waals surface area contributed by atoms with Crippen molar-refractivity contribution in [1.82, 2.24) is 24.5 Å². The number of hydrogen-bond acceptors (Lipinski definition) is 7. The Kier molecular flexibility index (Phi) is 6.12. The van der Waals surface area contributed by atoms with E-state index in [4.69, 9.17) is 9.15 Å². The van der Waals surface area contributed by atoms with Gasteiger partial charge in [-0.15, -0.1) is 5.10 Å². The lowest BCUT2D eigenvalue weighted by molar-refractivity contribution is -0.132. The first-order valence-electron chi connectivity index (χ1n) is 8.59. The van der Waals surface area contributed by atoms with Crippen LogP contribution in [0.25, 0.3) is 5.78 Å². The van der Waals surface area contributed by atoms with Crippen LogP contribution in [0, 0.1) is 13.8 Å². The number of thioether (sulfide) groups is 1. The number of methoxy groups -OCH3 is 1. The summed E-state index contributed by atoms with van der Waals surface area (Å²) >= 11 is 1.46. The SMILES string of the molecule is COCCN(Cc1ccco1)C(=O)Cc1c(C)nc2nc(SC)nn2c1C. The summed E-state index contributed by atoms with van der Waals surface area (Å²) in [5, 5.41) is 5.10. The van der Waals surface area contributed by atoms with Crippen LogP contribution in [0.1, 0.15) is 22.7 Å². The predicted molar refractivity (Wildman–Crippen MR) is 102 cm³/mol. The number of amides is 1. The Hall–Kier alpha value is -2.39. The summed E-state index contributed by atoms with van der Waals surface area (Å²) in [4.78, 5) is 23.6. The van der Waals surface area contributed by atoms with Gasteiger partial charge in [0.2, 0.25) is 11.1 Å². The molecule has 0 saturated heterocycles. The van der Waals surface area contributed by atoms with Gasteiger partial charge in [-0.05, 0) is 32.2 Å². The molecule has 0 radical (unpaired) electrons. The van der Waals surface area contributed by atoms with Crippen LogP contribution in [0.4, 0.5) is 0 Å². The average molecular weight is 389 g/mol. The fraction of sp³-hybridized carbons (Fsp3) is 0.444. The summed E-state index contributed by atoms with van der Waals surface area (Å²) in [6.07, 6.45) is 3.76. The van der Waals surface area contributed by atoms with Gasteiger partial charge in [0.1, 0.15) is 5.76 Å². The van der Waals surface area contributed by atoms with E-state index < -0.39 is 0 Å². The minimum absolute atomic E-state index is 0.0130. The topological polar surface area (TPSA) is 85.8 Å². The van der Waals surface area contributed by atoms with Gasteiger partial charge < -0.3 is 14.1 Å². The van der Waals surface area contributed by atoms with Crippen LogP contribution in [-0.4, -0.2) is 56.9 Å². The molecule has 0 unspecified atom stereocenters. The van der Waals surface area contributed by atoms with Crippen LogP contribution in [0.2, 0.25) is 0 Å². The predicted octanol–water partition coefficient (Wildman–Crippen LogP) is 2.27. The molecule has 3 heterocycles. The molecule has 0 atom stereocenters. The summed E-state index contributed by atoms with van der Waals surface area (Å²) in [5.74, 6) is 1.28. The first kappa shape index (κ1) is 19.4. The molecule has 0 spiro atoms. The molecule has 3 aromatic heterocycles. The van der Waals surface area contributed by atoms with Crippen molar-refractivity contribution in [3.05, 3.63) is 41.1 Å². The molecule has 1 amide bonds. The zero-order valence-electron chi connectivity index (χ0n) is 15.9. The maximum atomic E-state index is 13.0.